The summed E-state index contributed by atoms with van der Waals surface area (Å²) in [5, 5.41) is 3.27. The first-order valence-electron chi connectivity index (χ1n) is 7.09. The van der Waals surface area contributed by atoms with Crippen LogP contribution in [0.4, 0.5) is 5.82 Å². The van der Waals surface area contributed by atoms with Crippen LogP contribution < -0.4 is 10.1 Å². The molecule has 0 amide bonds. The van der Waals surface area contributed by atoms with Gasteiger partial charge in [0.15, 0.2) is 0 Å². The molecule has 0 atom stereocenters. The highest BCUT2D eigenvalue weighted by Gasteiger charge is 2.18. The molecule has 1 aromatic heterocycles. The maximum Gasteiger partial charge on any atom is 0.222 e. The van der Waals surface area contributed by atoms with Crippen molar-refractivity contribution in [2.24, 2.45) is 0 Å². The number of rotatable bonds is 5. The Balaban J connectivity index is 2.12. The lowest BCUT2D eigenvalue weighted by atomic mass is 9.98. The van der Waals surface area contributed by atoms with E-state index in [0.29, 0.717) is 6.10 Å². The van der Waals surface area contributed by atoms with Crippen molar-refractivity contribution >= 4 is 5.82 Å². The highest BCUT2D eigenvalue weighted by Crippen LogP contribution is 2.27. The van der Waals surface area contributed by atoms with Crippen LogP contribution in [0, 0.1) is 0 Å². The Morgan fingerprint density at radius 1 is 1.22 bits per heavy atom. The molecule has 0 radical (unpaired) electrons. The van der Waals surface area contributed by atoms with Gasteiger partial charge in [-0.1, -0.05) is 13.3 Å². The average molecular weight is 249 g/mol. The number of nitrogens with one attached hydrogen (secondary N) is 1. The predicted molar refractivity (Wildman–Crippen MR) is 73.1 cm³/mol. The molecule has 0 spiro atoms. The Morgan fingerprint density at radius 2 is 2.00 bits per heavy atom. The van der Waals surface area contributed by atoms with Crippen LogP contribution in [-0.2, 0) is 6.42 Å². The highest BCUT2D eigenvalue weighted by atomic mass is 16.5. The third-order valence-corrected chi connectivity index (χ3v) is 3.43. The maximum absolute atomic E-state index is 6.07. The van der Waals surface area contributed by atoms with Crippen molar-refractivity contribution in [2.75, 3.05) is 11.9 Å². The van der Waals surface area contributed by atoms with Gasteiger partial charge >= 0.3 is 0 Å². The van der Waals surface area contributed by atoms with Crippen molar-refractivity contribution in [1.29, 1.82) is 0 Å². The second kappa shape index (κ2) is 6.57. The highest BCUT2D eigenvalue weighted by molar-refractivity contribution is 5.48. The summed E-state index contributed by atoms with van der Waals surface area (Å²) in [6.45, 7) is 5.06. The zero-order valence-corrected chi connectivity index (χ0v) is 11.4. The minimum Gasteiger partial charge on any atom is -0.474 e. The van der Waals surface area contributed by atoms with Gasteiger partial charge in [0.1, 0.15) is 18.2 Å². The maximum atomic E-state index is 6.07. The first-order chi connectivity index (χ1) is 8.85. The fourth-order valence-electron chi connectivity index (χ4n) is 2.48. The van der Waals surface area contributed by atoms with E-state index in [2.05, 4.69) is 29.1 Å². The predicted octanol–water partition coefficient (Wildman–Crippen LogP) is 3.18. The Bertz CT molecular complexity index is 375. The molecule has 18 heavy (non-hydrogen) atoms. The van der Waals surface area contributed by atoms with E-state index >= 15 is 0 Å². The van der Waals surface area contributed by atoms with Crippen molar-refractivity contribution < 1.29 is 4.74 Å². The molecule has 100 valence electrons. The summed E-state index contributed by atoms with van der Waals surface area (Å²) in [5.74, 6) is 1.69. The molecule has 2 rings (SSSR count). The summed E-state index contributed by atoms with van der Waals surface area (Å²) in [4.78, 5) is 8.60. The van der Waals surface area contributed by atoms with E-state index in [1.54, 1.807) is 6.33 Å². The molecule has 1 heterocycles. The van der Waals surface area contributed by atoms with E-state index in [-0.39, 0.29) is 0 Å². The summed E-state index contributed by atoms with van der Waals surface area (Å²) < 4.78 is 6.07. The molecule has 1 saturated carbocycles. The second-order valence-corrected chi connectivity index (χ2v) is 4.77. The minimum absolute atomic E-state index is 0.341. The topological polar surface area (TPSA) is 47.0 Å². The van der Waals surface area contributed by atoms with Gasteiger partial charge in [-0.3, -0.25) is 0 Å². The molecule has 1 aromatic rings. The van der Waals surface area contributed by atoms with Crippen LogP contribution in [0.2, 0.25) is 0 Å². The smallest absolute Gasteiger partial charge is 0.222 e. The molecule has 1 N–H and O–H groups in total. The molecule has 1 aliphatic rings. The normalized spacial score (nSPS) is 16.6. The minimum atomic E-state index is 0.341. The Labute approximate surface area is 109 Å². The first kappa shape index (κ1) is 13.1. The number of hydrogen-bond acceptors (Lipinski definition) is 4. The quantitative estimate of drug-likeness (QED) is 0.870. The summed E-state index contributed by atoms with van der Waals surface area (Å²) in [7, 11) is 0. The molecule has 0 unspecified atom stereocenters. The Morgan fingerprint density at radius 3 is 2.67 bits per heavy atom. The third-order valence-electron chi connectivity index (χ3n) is 3.43. The average Bonchev–Trinajstić information content (AvgIpc) is 2.41. The van der Waals surface area contributed by atoms with Crippen molar-refractivity contribution in [3.05, 3.63) is 11.9 Å². The van der Waals surface area contributed by atoms with Crippen LogP contribution in [0.5, 0.6) is 5.88 Å². The van der Waals surface area contributed by atoms with E-state index in [4.69, 9.17) is 4.74 Å². The van der Waals surface area contributed by atoms with Crippen molar-refractivity contribution in [3.63, 3.8) is 0 Å². The fraction of sp³-hybridized carbons (Fsp3) is 0.714. The van der Waals surface area contributed by atoms with Gasteiger partial charge in [-0.25, -0.2) is 9.97 Å². The summed E-state index contributed by atoms with van der Waals surface area (Å²) in [6, 6.07) is 0. The molecule has 4 nitrogen and oxygen atoms in total. The summed E-state index contributed by atoms with van der Waals surface area (Å²) in [5.41, 5.74) is 1.10. The van der Waals surface area contributed by atoms with Crippen molar-refractivity contribution in [3.8, 4) is 5.88 Å². The van der Waals surface area contributed by atoms with Crippen molar-refractivity contribution in [1.82, 2.24) is 9.97 Å². The number of nitrogens with zero attached hydrogens (tertiary/aromatic N) is 2. The molecule has 0 aliphatic heterocycles. The molecule has 1 fully saturated rings. The van der Waals surface area contributed by atoms with Crippen molar-refractivity contribution in [2.45, 2.75) is 58.5 Å². The van der Waals surface area contributed by atoms with Crippen LogP contribution in [0.15, 0.2) is 6.33 Å². The van der Waals surface area contributed by atoms with Crippen LogP contribution in [0.25, 0.3) is 0 Å². The van der Waals surface area contributed by atoms with E-state index in [1.165, 1.54) is 19.3 Å². The third kappa shape index (κ3) is 3.12. The zero-order valence-electron chi connectivity index (χ0n) is 11.4. The molecule has 0 aromatic carbocycles. The van der Waals surface area contributed by atoms with Crippen LogP contribution in [-0.4, -0.2) is 22.6 Å². The molecule has 0 saturated heterocycles. The van der Waals surface area contributed by atoms with Crippen LogP contribution in [0.1, 0.15) is 51.5 Å². The Hall–Kier alpha value is -1.32. The van der Waals surface area contributed by atoms with Crippen LogP contribution in [0.3, 0.4) is 0 Å². The Kier molecular flexibility index (Phi) is 4.79. The fourth-order valence-corrected chi connectivity index (χ4v) is 2.48. The zero-order chi connectivity index (χ0) is 12.8. The van der Waals surface area contributed by atoms with E-state index in [1.807, 2.05) is 0 Å². The van der Waals surface area contributed by atoms with Gasteiger partial charge < -0.3 is 10.1 Å². The van der Waals surface area contributed by atoms with Gasteiger partial charge in [0.2, 0.25) is 5.88 Å². The first-order valence-corrected chi connectivity index (χ1v) is 7.09. The van der Waals surface area contributed by atoms with Gasteiger partial charge in [-0.2, -0.15) is 0 Å². The lowest BCUT2D eigenvalue weighted by molar-refractivity contribution is 0.147. The van der Waals surface area contributed by atoms with Gasteiger partial charge in [0.25, 0.3) is 0 Å². The molecular weight excluding hydrogens is 226 g/mol. The van der Waals surface area contributed by atoms with E-state index in [9.17, 15) is 0 Å². The molecule has 1 aliphatic carbocycles. The standard InChI is InChI=1S/C14H23N3O/c1-3-12-13(15-4-2)16-10-17-14(12)18-11-8-6-5-7-9-11/h10-11H,3-9H2,1-2H3,(H,15,16,17). The lowest BCUT2D eigenvalue weighted by Crippen LogP contribution is -2.21. The monoisotopic (exact) mass is 249 g/mol. The second-order valence-electron chi connectivity index (χ2n) is 4.77. The summed E-state index contributed by atoms with van der Waals surface area (Å²) >= 11 is 0. The SMILES string of the molecule is CCNc1ncnc(OC2CCCCC2)c1CC. The largest absolute Gasteiger partial charge is 0.474 e. The van der Waals surface area contributed by atoms with Gasteiger partial charge in [-0.15, -0.1) is 0 Å². The number of hydrogen-bond donors (Lipinski definition) is 1. The van der Waals surface area contributed by atoms with E-state index < -0.39 is 0 Å². The van der Waals surface area contributed by atoms with Gasteiger partial charge in [0.05, 0.1) is 5.56 Å². The lowest BCUT2D eigenvalue weighted by Gasteiger charge is -2.23. The molecular formula is C14H23N3O. The van der Waals surface area contributed by atoms with Crippen LogP contribution >= 0.6 is 0 Å². The van der Waals surface area contributed by atoms with E-state index in [0.717, 1.165) is 43.1 Å². The number of ether oxygens (including phenoxy) is 1. The molecule has 4 heteroatoms. The van der Waals surface area contributed by atoms with Gasteiger partial charge in [-0.05, 0) is 39.0 Å². The number of anilines is 1. The molecule has 0 bridgehead atoms. The van der Waals surface area contributed by atoms with Gasteiger partial charge in [0, 0.05) is 6.54 Å². The number of aromatic nitrogens is 2. The summed E-state index contributed by atoms with van der Waals surface area (Å²) in [6.07, 6.45) is 9.03.